The summed E-state index contributed by atoms with van der Waals surface area (Å²) in [5.74, 6) is -1.18. The number of aromatic amines is 1. The van der Waals surface area contributed by atoms with Crippen LogP contribution in [0.25, 0.3) is 0 Å². The molecule has 1 aliphatic rings. The summed E-state index contributed by atoms with van der Waals surface area (Å²) in [6.07, 6.45) is -10.1. The van der Waals surface area contributed by atoms with Crippen molar-refractivity contribution in [2.24, 2.45) is 0 Å². The van der Waals surface area contributed by atoms with Crippen LogP contribution in [0.3, 0.4) is 0 Å². The summed E-state index contributed by atoms with van der Waals surface area (Å²) in [7, 11) is -4.64. The summed E-state index contributed by atoms with van der Waals surface area (Å²) in [6.45, 7) is -3.72. The van der Waals surface area contributed by atoms with Gasteiger partial charge in [0.15, 0.2) is 5.60 Å². The molecule has 0 bridgehead atoms. The molecule has 32 heavy (non-hydrogen) atoms. The Bertz CT molecular complexity index is 1120. The fraction of sp³-hybridized carbons (Fsp3) is 0.412. The lowest BCUT2D eigenvalue weighted by atomic mass is 9.83. The van der Waals surface area contributed by atoms with Gasteiger partial charge in [-0.1, -0.05) is 15.9 Å². The highest BCUT2D eigenvalue weighted by atomic mass is 79.9. The quantitative estimate of drug-likeness (QED) is 0.449. The van der Waals surface area contributed by atoms with E-state index in [4.69, 9.17) is 0 Å². The first-order chi connectivity index (χ1) is 14.7. The Hall–Kier alpha value is -1.87. The van der Waals surface area contributed by atoms with Gasteiger partial charge in [0.2, 0.25) is 0 Å². The SMILES string of the molecule is O=S(=O)(Nc1cc(C(F)F)c(Br)cc1F)c1c[nH]c2c1CC[C@@](OC(F)F)(C(F)(F)F)C2. The molecule has 0 amide bonds. The zero-order valence-electron chi connectivity index (χ0n) is 15.5. The predicted molar refractivity (Wildman–Crippen MR) is 98.6 cm³/mol. The van der Waals surface area contributed by atoms with E-state index in [1.54, 1.807) is 4.72 Å². The lowest BCUT2D eigenvalue weighted by Gasteiger charge is -2.38. The topological polar surface area (TPSA) is 71.2 Å². The predicted octanol–water partition coefficient (Wildman–Crippen LogP) is 5.68. The van der Waals surface area contributed by atoms with Gasteiger partial charge in [-0.05, 0) is 30.5 Å². The zero-order chi connectivity index (χ0) is 24.1. The second-order valence-corrected chi connectivity index (χ2v) is 9.42. The van der Waals surface area contributed by atoms with Gasteiger partial charge in [0.05, 0.1) is 5.69 Å². The molecule has 1 heterocycles. The number of sulfonamides is 1. The van der Waals surface area contributed by atoms with Gasteiger partial charge in [-0.25, -0.2) is 21.6 Å². The number of nitrogens with one attached hydrogen (secondary N) is 2. The Labute approximate surface area is 184 Å². The van der Waals surface area contributed by atoms with Crippen molar-refractivity contribution in [3.05, 3.63) is 45.4 Å². The largest absolute Gasteiger partial charge is 0.418 e. The fourth-order valence-corrected chi connectivity index (χ4v) is 5.25. The smallest absolute Gasteiger partial charge is 0.363 e. The van der Waals surface area contributed by atoms with Crippen molar-refractivity contribution in [1.82, 2.24) is 4.98 Å². The molecule has 0 saturated heterocycles. The number of benzene rings is 1. The molecule has 0 spiro atoms. The normalized spacial score (nSPS) is 19.5. The average molecular weight is 557 g/mol. The van der Waals surface area contributed by atoms with Crippen molar-refractivity contribution in [3.8, 4) is 0 Å². The van der Waals surface area contributed by atoms with E-state index in [-0.39, 0.29) is 15.7 Å². The van der Waals surface area contributed by atoms with E-state index < -0.39 is 76.1 Å². The molecule has 2 N–H and O–H groups in total. The third kappa shape index (κ3) is 4.59. The first-order valence-electron chi connectivity index (χ1n) is 8.68. The van der Waals surface area contributed by atoms with Crippen molar-refractivity contribution in [2.75, 3.05) is 4.72 Å². The Kier molecular flexibility index (Phi) is 6.56. The molecule has 1 aromatic heterocycles. The van der Waals surface area contributed by atoms with Crippen molar-refractivity contribution < 1.29 is 48.3 Å². The number of hydrogen-bond donors (Lipinski definition) is 2. The number of hydrogen-bond acceptors (Lipinski definition) is 3. The molecule has 1 aliphatic carbocycles. The van der Waals surface area contributed by atoms with Crippen LogP contribution < -0.4 is 4.72 Å². The van der Waals surface area contributed by atoms with Crippen molar-refractivity contribution in [1.29, 1.82) is 0 Å². The molecular formula is C17H13BrF8N2O3S. The monoisotopic (exact) mass is 556 g/mol. The van der Waals surface area contributed by atoms with Crippen LogP contribution in [0.2, 0.25) is 0 Å². The van der Waals surface area contributed by atoms with Gasteiger partial charge in [-0.2, -0.15) is 22.0 Å². The Morgan fingerprint density at radius 3 is 2.41 bits per heavy atom. The molecule has 15 heteroatoms. The Balaban J connectivity index is 1.96. The molecule has 0 fully saturated rings. The van der Waals surface area contributed by atoms with Gasteiger partial charge in [-0.15, -0.1) is 0 Å². The third-order valence-corrected chi connectivity index (χ3v) is 7.09. The van der Waals surface area contributed by atoms with Gasteiger partial charge < -0.3 is 9.72 Å². The summed E-state index contributed by atoms with van der Waals surface area (Å²) in [6, 6.07) is 1.21. The number of anilines is 1. The highest BCUT2D eigenvalue weighted by molar-refractivity contribution is 9.10. The summed E-state index contributed by atoms with van der Waals surface area (Å²) in [5, 5.41) is 0. The van der Waals surface area contributed by atoms with Crippen LogP contribution in [0.5, 0.6) is 0 Å². The highest BCUT2D eigenvalue weighted by Crippen LogP contribution is 2.45. The summed E-state index contributed by atoms with van der Waals surface area (Å²) < 4.78 is 137. The molecule has 3 rings (SSSR count). The summed E-state index contributed by atoms with van der Waals surface area (Å²) >= 11 is 2.73. The molecule has 0 radical (unpaired) electrons. The van der Waals surface area contributed by atoms with Crippen LogP contribution in [0.15, 0.2) is 27.7 Å². The van der Waals surface area contributed by atoms with Gasteiger partial charge in [-0.3, -0.25) is 4.72 Å². The molecule has 178 valence electrons. The molecule has 0 saturated carbocycles. The number of fused-ring (bicyclic) bond motifs is 1. The minimum absolute atomic E-state index is 0.137. The molecule has 2 aromatic rings. The minimum Gasteiger partial charge on any atom is -0.363 e. The Morgan fingerprint density at radius 1 is 1.19 bits per heavy atom. The first-order valence-corrected chi connectivity index (χ1v) is 11.0. The van der Waals surface area contributed by atoms with Crippen molar-refractivity contribution >= 4 is 31.6 Å². The average Bonchev–Trinajstić information content (AvgIpc) is 3.06. The van der Waals surface area contributed by atoms with Crippen molar-refractivity contribution in [2.45, 2.75) is 49.0 Å². The van der Waals surface area contributed by atoms with E-state index in [0.29, 0.717) is 12.1 Å². The molecule has 1 atom stereocenters. The van der Waals surface area contributed by atoms with E-state index in [2.05, 4.69) is 25.7 Å². The summed E-state index contributed by atoms with van der Waals surface area (Å²) in [5.41, 5.74) is -5.17. The van der Waals surface area contributed by atoms with E-state index in [0.717, 1.165) is 6.20 Å². The van der Waals surface area contributed by atoms with Crippen LogP contribution in [0, 0.1) is 5.82 Å². The number of alkyl halides is 7. The highest BCUT2D eigenvalue weighted by Gasteiger charge is 2.59. The standard InChI is InChI=1S/C17H13BrF8N2O3S/c18-9-4-10(19)11(3-8(9)14(20)21)28-32(29,30)13-6-27-12-5-16(17(24,25)26,31-15(22)23)2-1-7(12)13/h3-4,6,14-15,27-28H,1-2,5H2/t16-/m0/s1. The number of halogens is 9. The maximum atomic E-state index is 14.1. The second-order valence-electron chi connectivity index (χ2n) is 6.92. The van der Waals surface area contributed by atoms with Gasteiger partial charge in [0, 0.05) is 28.3 Å². The fourth-order valence-electron chi connectivity index (χ4n) is 3.44. The number of rotatable bonds is 6. The first kappa shape index (κ1) is 24.8. The third-order valence-electron chi connectivity index (χ3n) is 4.97. The summed E-state index contributed by atoms with van der Waals surface area (Å²) in [4.78, 5) is 1.74. The molecule has 0 unspecified atom stereocenters. The van der Waals surface area contributed by atoms with Gasteiger partial charge in [0.1, 0.15) is 10.7 Å². The minimum atomic E-state index is -5.17. The lowest BCUT2D eigenvalue weighted by Crippen LogP contribution is -2.52. The Morgan fingerprint density at radius 2 is 1.84 bits per heavy atom. The maximum Gasteiger partial charge on any atom is 0.418 e. The molecule has 5 nitrogen and oxygen atoms in total. The van der Waals surface area contributed by atoms with Crippen LogP contribution in [0.1, 0.15) is 29.7 Å². The van der Waals surface area contributed by atoms with E-state index in [1.807, 2.05) is 0 Å². The lowest BCUT2D eigenvalue weighted by molar-refractivity contribution is -0.330. The molecule has 0 aliphatic heterocycles. The van der Waals surface area contributed by atoms with Gasteiger partial charge in [0.25, 0.3) is 16.4 Å². The molecule has 1 aromatic carbocycles. The second kappa shape index (κ2) is 8.48. The van der Waals surface area contributed by atoms with E-state index in [1.165, 1.54) is 0 Å². The van der Waals surface area contributed by atoms with Crippen LogP contribution >= 0.6 is 15.9 Å². The van der Waals surface area contributed by atoms with E-state index in [9.17, 15) is 43.5 Å². The number of H-pyrrole nitrogens is 1. The van der Waals surface area contributed by atoms with E-state index >= 15 is 0 Å². The number of ether oxygens (including phenoxy) is 1. The number of aromatic nitrogens is 1. The maximum absolute atomic E-state index is 14.1. The van der Waals surface area contributed by atoms with Crippen molar-refractivity contribution in [3.63, 3.8) is 0 Å². The van der Waals surface area contributed by atoms with Gasteiger partial charge >= 0.3 is 12.8 Å². The zero-order valence-corrected chi connectivity index (χ0v) is 17.9. The molecular weight excluding hydrogens is 544 g/mol. The van der Waals surface area contributed by atoms with Crippen LogP contribution in [-0.2, 0) is 27.6 Å². The van der Waals surface area contributed by atoms with Crippen LogP contribution in [-0.4, -0.2) is 31.8 Å². The van der Waals surface area contributed by atoms with Crippen LogP contribution in [0.4, 0.5) is 40.8 Å².